The quantitative estimate of drug-likeness (QED) is 0.703. The standard InChI is InChI=1S/C22H22FN5O2/c23-17-6-8-18(9-7-17)24-21(29)16-28-22(30)11-10-20(25-28)27-14-12-26(13-15-27)19-4-2-1-3-5-19/h1-11H,12-16H2,(H,24,29). The Morgan fingerprint density at radius 1 is 0.900 bits per heavy atom. The van der Waals surface area contributed by atoms with Gasteiger partial charge in [-0.3, -0.25) is 9.59 Å². The van der Waals surface area contributed by atoms with Gasteiger partial charge in [-0.05, 0) is 42.5 Å². The van der Waals surface area contributed by atoms with Crippen molar-refractivity contribution < 1.29 is 9.18 Å². The molecular weight excluding hydrogens is 385 g/mol. The van der Waals surface area contributed by atoms with Gasteiger partial charge in [0, 0.05) is 43.6 Å². The van der Waals surface area contributed by atoms with Crippen molar-refractivity contribution in [2.24, 2.45) is 0 Å². The van der Waals surface area contributed by atoms with Crippen LogP contribution in [0.3, 0.4) is 0 Å². The van der Waals surface area contributed by atoms with Crippen molar-refractivity contribution in [2.45, 2.75) is 6.54 Å². The summed E-state index contributed by atoms with van der Waals surface area (Å²) in [4.78, 5) is 28.9. The molecule has 0 bridgehead atoms. The number of nitrogens with one attached hydrogen (secondary N) is 1. The van der Waals surface area contributed by atoms with E-state index in [1.165, 1.54) is 36.0 Å². The van der Waals surface area contributed by atoms with Crippen molar-refractivity contribution in [3.8, 4) is 0 Å². The van der Waals surface area contributed by atoms with E-state index in [2.05, 4.69) is 32.3 Å². The molecule has 0 atom stereocenters. The first-order valence-corrected chi connectivity index (χ1v) is 9.77. The molecule has 4 rings (SSSR count). The first kappa shape index (κ1) is 19.6. The first-order valence-electron chi connectivity index (χ1n) is 9.77. The van der Waals surface area contributed by atoms with Gasteiger partial charge in [-0.15, -0.1) is 0 Å². The second-order valence-corrected chi connectivity index (χ2v) is 7.05. The van der Waals surface area contributed by atoms with Crippen LogP contribution in [-0.4, -0.2) is 41.9 Å². The average molecular weight is 407 g/mol. The zero-order valence-corrected chi connectivity index (χ0v) is 16.4. The topological polar surface area (TPSA) is 70.5 Å². The minimum Gasteiger partial charge on any atom is -0.368 e. The van der Waals surface area contributed by atoms with Crippen LogP contribution in [0, 0.1) is 5.82 Å². The van der Waals surface area contributed by atoms with E-state index in [1.807, 2.05) is 18.2 Å². The monoisotopic (exact) mass is 407 g/mol. The second-order valence-electron chi connectivity index (χ2n) is 7.05. The van der Waals surface area contributed by atoms with Gasteiger partial charge < -0.3 is 15.1 Å². The molecule has 1 aliphatic heterocycles. The second kappa shape index (κ2) is 8.77. The fourth-order valence-corrected chi connectivity index (χ4v) is 3.42. The van der Waals surface area contributed by atoms with Crippen molar-refractivity contribution in [1.29, 1.82) is 0 Å². The Kier molecular flexibility index (Phi) is 5.74. The Morgan fingerprint density at radius 2 is 1.57 bits per heavy atom. The minimum atomic E-state index is -0.401. The summed E-state index contributed by atoms with van der Waals surface area (Å²) in [5.74, 6) is -0.120. The lowest BCUT2D eigenvalue weighted by atomic mass is 10.2. The first-order chi connectivity index (χ1) is 14.6. The maximum absolute atomic E-state index is 13.0. The minimum absolute atomic E-state index is 0.214. The summed E-state index contributed by atoms with van der Waals surface area (Å²) >= 11 is 0. The number of hydrogen-bond donors (Lipinski definition) is 1. The third kappa shape index (κ3) is 4.65. The van der Waals surface area contributed by atoms with Crippen LogP contribution in [0.4, 0.5) is 21.6 Å². The van der Waals surface area contributed by atoms with Gasteiger partial charge in [0.15, 0.2) is 0 Å². The van der Waals surface area contributed by atoms with Crippen LogP contribution < -0.4 is 20.7 Å². The maximum atomic E-state index is 13.0. The van der Waals surface area contributed by atoms with Crippen molar-refractivity contribution in [1.82, 2.24) is 9.78 Å². The zero-order chi connectivity index (χ0) is 20.9. The van der Waals surface area contributed by atoms with Gasteiger partial charge in [0.1, 0.15) is 18.2 Å². The van der Waals surface area contributed by atoms with Crippen LogP contribution >= 0.6 is 0 Å². The highest BCUT2D eigenvalue weighted by molar-refractivity contribution is 5.90. The van der Waals surface area contributed by atoms with Gasteiger partial charge in [0.2, 0.25) is 5.91 Å². The third-order valence-electron chi connectivity index (χ3n) is 5.00. The molecule has 0 spiro atoms. The van der Waals surface area contributed by atoms with E-state index >= 15 is 0 Å². The lowest BCUT2D eigenvalue weighted by Crippen LogP contribution is -2.47. The van der Waals surface area contributed by atoms with E-state index in [-0.39, 0.29) is 17.9 Å². The molecule has 1 aromatic heterocycles. The van der Waals surface area contributed by atoms with Gasteiger partial charge in [0.25, 0.3) is 5.56 Å². The van der Waals surface area contributed by atoms with Crippen LogP contribution in [-0.2, 0) is 11.3 Å². The highest BCUT2D eigenvalue weighted by Crippen LogP contribution is 2.18. The summed E-state index contributed by atoms with van der Waals surface area (Å²) in [5.41, 5.74) is 1.30. The summed E-state index contributed by atoms with van der Waals surface area (Å²) in [6, 6.07) is 18.8. The molecule has 0 saturated carbocycles. The Labute approximate surface area is 173 Å². The molecule has 1 fully saturated rings. The normalized spacial score (nSPS) is 13.9. The lowest BCUT2D eigenvalue weighted by Gasteiger charge is -2.36. The summed E-state index contributed by atoms with van der Waals surface area (Å²) in [5, 5.41) is 7.02. The molecule has 1 saturated heterocycles. The van der Waals surface area contributed by atoms with Crippen LogP contribution in [0.1, 0.15) is 0 Å². The number of piperazine rings is 1. The van der Waals surface area contributed by atoms with E-state index in [0.717, 1.165) is 30.9 Å². The summed E-state index contributed by atoms with van der Waals surface area (Å²) in [6.07, 6.45) is 0. The number of hydrogen-bond acceptors (Lipinski definition) is 5. The molecule has 154 valence electrons. The number of halogens is 1. The number of benzene rings is 2. The summed E-state index contributed by atoms with van der Waals surface area (Å²) < 4.78 is 14.1. The van der Waals surface area contributed by atoms with E-state index in [0.29, 0.717) is 11.5 Å². The summed E-state index contributed by atoms with van der Waals surface area (Å²) in [7, 11) is 0. The number of carbonyl (C=O) groups is 1. The Morgan fingerprint density at radius 3 is 2.27 bits per heavy atom. The number of para-hydroxylation sites is 1. The smallest absolute Gasteiger partial charge is 0.267 e. The molecule has 2 heterocycles. The van der Waals surface area contributed by atoms with Gasteiger partial charge >= 0.3 is 0 Å². The molecular formula is C22H22FN5O2. The van der Waals surface area contributed by atoms with Crippen LogP contribution in [0.15, 0.2) is 71.5 Å². The molecule has 0 aliphatic carbocycles. The van der Waals surface area contributed by atoms with E-state index in [1.54, 1.807) is 6.07 Å². The largest absolute Gasteiger partial charge is 0.368 e. The highest BCUT2D eigenvalue weighted by atomic mass is 19.1. The van der Waals surface area contributed by atoms with Gasteiger partial charge in [-0.25, -0.2) is 9.07 Å². The predicted molar refractivity (Wildman–Crippen MR) is 114 cm³/mol. The van der Waals surface area contributed by atoms with Crippen molar-refractivity contribution >= 4 is 23.1 Å². The SMILES string of the molecule is O=C(Cn1nc(N2CCN(c3ccccc3)CC2)ccc1=O)Nc1ccc(F)cc1. The van der Waals surface area contributed by atoms with Crippen molar-refractivity contribution in [3.05, 3.63) is 82.9 Å². The Bertz CT molecular complexity index is 1060. The van der Waals surface area contributed by atoms with Crippen LogP contribution in [0.25, 0.3) is 0 Å². The lowest BCUT2D eigenvalue weighted by molar-refractivity contribution is -0.117. The molecule has 8 heteroatoms. The molecule has 0 unspecified atom stereocenters. The fourth-order valence-electron chi connectivity index (χ4n) is 3.42. The summed E-state index contributed by atoms with van der Waals surface area (Å²) in [6.45, 7) is 3.00. The van der Waals surface area contributed by atoms with Crippen molar-refractivity contribution in [2.75, 3.05) is 41.3 Å². The molecule has 1 N–H and O–H groups in total. The van der Waals surface area contributed by atoms with E-state index in [4.69, 9.17) is 0 Å². The number of carbonyl (C=O) groups excluding carboxylic acids is 1. The van der Waals surface area contributed by atoms with Crippen molar-refractivity contribution in [3.63, 3.8) is 0 Å². The fraction of sp³-hybridized carbons (Fsp3) is 0.227. The van der Waals surface area contributed by atoms with Crippen LogP contribution in [0.5, 0.6) is 0 Å². The van der Waals surface area contributed by atoms with E-state index in [9.17, 15) is 14.0 Å². The molecule has 2 aromatic carbocycles. The molecule has 7 nitrogen and oxygen atoms in total. The predicted octanol–water partition coefficient (Wildman–Crippen LogP) is 2.35. The van der Waals surface area contributed by atoms with Gasteiger partial charge in [0.05, 0.1) is 0 Å². The molecule has 0 radical (unpaired) electrons. The Balaban J connectivity index is 1.40. The number of anilines is 3. The average Bonchev–Trinajstić information content (AvgIpc) is 2.78. The highest BCUT2D eigenvalue weighted by Gasteiger charge is 2.19. The molecule has 3 aromatic rings. The van der Waals surface area contributed by atoms with Crippen LogP contribution in [0.2, 0.25) is 0 Å². The maximum Gasteiger partial charge on any atom is 0.267 e. The number of aromatic nitrogens is 2. The van der Waals surface area contributed by atoms with E-state index < -0.39 is 5.91 Å². The number of rotatable bonds is 5. The van der Waals surface area contributed by atoms with Gasteiger partial charge in [-0.2, -0.15) is 5.10 Å². The Hall–Kier alpha value is -3.68. The number of amides is 1. The molecule has 1 amide bonds. The number of nitrogens with zero attached hydrogens (tertiary/aromatic N) is 4. The third-order valence-corrected chi connectivity index (χ3v) is 5.00. The molecule has 1 aliphatic rings. The van der Waals surface area contributed by atoms with Gasteiger partial charge in [-0.1, -0.05) is 18.2 Å². The zero-order valence-electron chi connectivity index (χ0n) is 16.4. The molecule has 30 heavy (non-hydrogen) atoms.